The predicted molar refractivity (Wildman–Crippen MR) is 106 cm³/mol. The van der Waals surface area contributed by atoms with Gasteiger partial charge in [0.1, 0.15) is 18.9 Å². The molecule has 2 aromatic heterocycles. The Kier molecular flexibility index (Phi) is 7.67. The summed E-state index contributed by atoms with van der Waals surface area (Å²) in [5, 5.41) is 9.30. The first-order valence-corrected chi connectivity index (χ1v) is 9.57. The van der Waals surface area contributed by atoms with Crippen LogP contribution in [-0.4, -0.2) is 22.6 Å². The fourth-order valence-corrected chi connectivity index (χ4v) is 3.35. The molecule has 2 heterocycles. The maximum atomic E-state index is 4.36. The zero-order valence-electron chi connectivity index (χ0n) is 16.1. The zero-order chi connectivity index (χ0) is 18.5. The van der Waals surface area contributed by atoms with E-state index in [0.717, 1.165) is 35.8 Å². The minimum Gasteiger partial charge on any atom is -1.00 e. The quantitative estimate of drug-likeness (QED) is 0.404. The summed E-state index contributed by atoms with van der Waals surface area (Å²) in [5.74, 6) is 0. The van der Waals surface area contributed by atoms with Crippen LogP contribution in [0.15, 0.2) is 53.3 Å². The van der Waals surface area contributed by atoms with Crippen molar-refractivity contribution < 1.29 is 21.5 Å². The van der Waals surface area contributed by atoms with Crippen LogP contribution in [0.3, 0.4) is 0 Å². The number of imidazole rings is 1. The molecule has 0 spiro atoms. The van der Waals surface area contributed by atoms with Gasteiger partial charge in [-0.2, -0.15) is 0 Å². The molecule has 0 unspecified atom stereocenters. The summed E-state index contributed by atoms with van der Waals surface area (Å²) in [6, 6.07) is 6.33. The molecule has 0 aliphatic rings. The summed E-state index contributed by atoms with van der Waals surface area (Å²) >= 11 is 1.55. The van der Waals surface area contributed by atoms with Crippen molar-refractivity contribution in [3.8, 4) is 0 Å². The van der Waals surface area contributed by atoms with Gasteiger partial charge in [0, 0.05) is 23.3 Å². The smallest absolute Gasteiger partial charge is 0.243 e. The zero-order valence-corrected chi connectivity index (χ0v) is 18.5. The number of aromatic nitrogens is 3. The Morgan fingerprint density at radius 1 is 1.26 bits per heavy atom. The fraction of sp³-hybridized carbons (Fsp3) is 0.368. The first-order chi connectivity index (χ1) is 12.5. The first kappa shape index (κ1) is 21.2. The maximum absolute atomic E-state index is 4.36. The summed E-state index contributed by atoms with van der Waals surface area (Å²) in [5.41, 5.74) is 3.21. The van der Waals surface area contributed by atoms with E-state index in [9.17, 15) is 0 Å². The highest BCUT2D eigenvalue weighted by molar-refractivity contribution is 7.15. The molecule has 0 N–H and O–H groups in total. The SMILES string of the molecule is CCN(CCn1cc[n+](C)c1)c1ccc(/N=N/c2ncc(C)s2)c(C)c1.[Br-]. The largest absolute Gasteiger partial charge is 1.00 e. The van der Waals surface area contributed by atoms with E-state index in [4.69, 9.17) is 0 Å². The van der Waals surface area contributed by atoms with E-state index in [1.165, 1.54) is 5.69 Å². The van der Waals surface area contributed by atoms with Crippen molar-refractivity contribution in [1.29, 1.82) is 0 Å². The van der Waals surface area contributed by atoms with Gasteiger partial charge in [0.05, 0.1) is 19.3 Å². The highest BCUT2D eigenvalue weighted by atomic mass is 79.9. The number of rotatable bonds is 7. The highest BCUT2D eigenvalue weighted by Crippen LogP contribution is 2.28. The second-order valence-electron chi connectivity index (χ2n) is 6.32. The summed E-state index contributed by atoms with van der Waals surface area (Å²) in [6.07, 6.45) is 8.08. The van der Waals surface area contributed by atoms with Gasteiger partial charge in [0.25, 0.3) is 0 Å². The molecule has 0 saturated carbocycles. The van der Waals surface area contributed by atoms with E-state index < -0.39 is 0 Å². The third-order valence-corrected chi connectivity index (χ3v) is 5.03. The number of hydrogen-bond acceptors (Lipinski definition) is 5. The van der Waals surface area contributed by atoms with Crippen molar-refractivity contribution in [3.63, 3.8) is 0 Å². The number of benzene rings is 1. The second-order valence-corrected chi connectivity index (χ2v) is 7.53. The Morgan fingerprint density at radius 3 is 2.67 bits per heavy atom. The van der Waals surface area contributed by atoms with Gasteiger partial charge < -0.3 is 21.9 Å². The summed E-state index contributed by atoms with van der Waals surface area (Å²) in [6.45, 7) is 9.16. The lowest BCUT2D eigenvalue weighted by Crippen LogP contribution is -3.00. The van der Waals surface area contributed by atoms with Crippen LogP contribution >= 0.6 is 11.3 Å². The number of halogens is 1. The maximum Gasteiger partial charge on any atom is 0.243 e. The van der Waals surface area contributed by atoms with Crippen LogP contribution in [0, 0.1) is 13.8 Å². The average Bonchev–Trinajstić information content (AvgIpc) is 3.23. The molecule has 3 aromatic rings. The van der Waals surface area contributed by atoms with E-state index in [0.29, 0.717) is 5.13 Å². The number of nitrogens with zero attached hydrogens (tertiary/aromatic N) is 6. The van der Waals surface area contributed by atoms with E-state index >= 15 is 0 Å². The monoisotopic (exact) mass is 448 g/mol. The van der Waals surface area contributed by atoms with Crippen LogP contribution in [0.2, 0.25) is 0 Å². The molecule has 3 rings (SSSR count). The lowest BCUT2D eigenvalue weighted by Gasteiger charge is -2.22. The van der Waals surface area contributed by atoms with Gasteiger partial charge in [0.15, 0.2) is 0 Å². The molecule has 0 bridgehead atoms. The van der Waals surface area contributed by atoms with E-state index in [-0.39, 0.29) is 17.0 Å². The van der Waals surface area contributed by atoms with Crippen molar-refractivity contribution in [2.24, 2.45) is 17.3 Å². The second kappa shape index (κ2) is 9.75. The van der Waals surface area contributed by atoms with Gasteiger partial charge in [-0.3, -0.25) is 0 Å². The Bertz CT molecular complexity index is 901. The molecule has 1 aromatic carbocycles. The van der Waals surface area contributed by atoms with Crippen molar-refractivity contribution in [3.05, 3.63) is 53.6 Å². The minimum atomic E-state index is 0. The number of anilines is 1. The summed E-state index contributed by atoms with van der Waals surface area (Å²) in [7, 11) is 2.04. The molecular formula is C19H25BrN6S. The number of likely N-dealkylation sites (N-methyl/N-ethyl adjacent to an activating group) is 1. The van der Waals surface area contributed by atoms with Gasteiger partial charge in [-0.05, 0) is 44.5 Å². The molecule has 0 atom stereocenters. The predicted octanol–water partition coefficient (Wildman–Crippen LogP) is 1.33. The Morgan fingerprint density at radius 2 is 2.07 bits per heavy atom. The molecule has 0 saturated heterocycles. The van der Waals surface area contributed by atoms with E-state index in [2.05, 4.69) is 73.9 Å². The Hall–Kier alpha value is -2.06. The number of aryl methyl sites for hydroxylation is 3. The van der Waals surface area contributed by atoms with Crippen LogP contribution in [0.1, 0.15) is 17.4 Å². The van der Waals surface area contributed by atoms with E-state index in [1.807, 2.05) is 26.2 Å². The number of hydrogen-bond donors (Lipinski definition) is 0. The molecule has 0 aliphatic heterocycles. The van der Waals surface area contributed by atoms with Crippen LogP contribution < -0.4 is 26.4 Å². The van der Waals surface area contributed by atoms with E-state index in [1.54, 1.807) is 11.3 Å². The molecule has 144 valence electrons. The van der Waals surface area contributed by atoms with Gasteiger partial charge in [-0.25, -0.2) is 14.1 Å². The molecule has 27 heavy (non-hydrogen) atoms. The Labute approximate surface area is 175 Å². The fourth-order valence-electron chi connectivity index (χ4n) is 2.77. The molecule has 0 aliphatic carbocycles. The molecule has 0 radical (unpaired) electrons. The third kappa shape index (κ3) is 5.71. The van der Waals surface area contributed by atoms with Gasteiger partial charge in [0.2, 0.25) is 11.5 Å². The minimum absolute atomic E-state index is 0. The van der Waals surface area contributed by atoms with Crippen LogP contribution in [0.4, 0.5) is 16.5 Å². The van der Waals surface area contributed by atoms with Crippen molar-refractivity contribution >= 4 is 27.8 Å². The van der Waals surface area contributed by atoms with Crippen molar-refractivity contribution in [1.82, 2.24) is 9.55 Å². The van der Waals surface area contributed by atoms with Crippen LogP contribution in [0.5, 0.6) is 0 Å². The molecule has 0 fully saturated rings. The molecule has 0 amide bonds. The van der Waals surface area contributed by atoms with Crippen molar-refractivity contribution in [2.75, 3.05) is 18.0 Å². The van der Waals surface area contributed by atoms with Gasteiger partial charge >= 0.3 is 0 Å². The normalized spacial score (nSPS) is 11.0. The number of thiazole rings is 1. The summed E-state index contributed by atoms with van der Waals surface area (Å²) < 4.78 is 4.26. The van der Waals surface area contributed by atoms with Crippen LogP contribution in [-0.2, 0) is 13.6 Å². The Balaban J connectivity index is 0.00000261. The van der Waals surface area contributed by atoms with Crippen molar-refractivity contribution in [2.45, 2.75) is 27.3 Å². The third-order valence-electron chi connectivity index (χ3n) is 4.23. The lowest BCUT2D eigenvalue weighted by atomic mass is 10.1. The highest BCUT2D eigenvalue weighted by Gasteiger charge is 2.09. The lowest BCUT2D eigenvalue weighted by molar-refractivity contribution is -0.671. The van der Waals surface area contributed by atoms with Gasteiger partial charge in [-0.1, -0.05) is 11.3 Å². The first-order valence-electron chi connectivity index (χ1n) is 8.76. The summed E-state index contributed by atoms with van der Waals surface area (Å²) in [4.78, 5) is 7.73. The van der Waals surface area contributed by atoms with Crippen LogP contribution in [0.25, 0.3) is 0 Å². The molecular weight excluding hydrogens is 424 g/mol. The average molecular weight is 449 g/mol. The molecule has 6 nitrogen and oxygen atoms in total. The van der Waals surface area contributed by atoms with Gasteiger partial charge in [-0.15, -0.1) is 10.2 Å². The number of azo groups is 1. The topological polar surface area (TPSA) is 49.7 Å². The molecule has 8 heteroatoms. The standard InChI is InChI=1S/C19H25N6S.BrH/c1-5-25(11-10-24-9-8-23(4)14-24)17-6-7-18(15(2)12-17)21-22-19-20-13-16(3)26-19;/h6-9,12-14H,5,10-11H2,1-4H3;1H/q+1;/p-1/b22-21+;.